The minimum Gasteiger partial charge on any atom is -0.481 e. The van der Waals surface area contributed by atoms with Crippen LogP contribution in [0.5, 0.6) is 0 Å². The number of carbonyl (C=O) groups excluding carboxylic acids is 2. The molecular weight excluding hydrogens is 279 g/mol. The molecule has 7 heteroatoms. The van der Waals surface area contributed by atoms with Gasteiger partial charge in [0.15, 0.2) is 0 Å². The number of para-hydroxylation sites is 1. The highest BCUT2D eigenvalue weighted by Crippen LogP contribution is 2.24. The fourth-order valence-electron chi connectivity index (χ4n) is 2.27. The highest BCUT2D eigenvalue weighted by atomic mass is 19.1. The van der Waals surface area contributed by atoms with Gasteiger partial charge in [-0.1, -0.05) is 12.1 Å². The Hall–Kier alpha value is -2.44. The van der Waals surface area contributed by atoms with Gasteiger partial charge in [-0.25, -0.2) is 4.39 Å². The normalized spacial score (nSPS) is 19.0. The first kappa shape index (κ1) is 15.0. The topological polar surface area (TPSA) is 77.9 Å². The predicted molar refractivity (Wildman–Crippen MR) is 72.2 cm³/mol. The zero-order valence-electron chi connectivity index (χ0n) is 11.5. The standard InChI is InChI=1S/C14H15FN2O4/c1-9-14(21)16(7-6-13(19)20)12(18)8-17(9)11-5-3-2-4-10(11)15/h2-5,9H,6-8H2,1H3,(H,19,20). The summed E-state index contributed by atoms with van der Waals surface area (Å²) in [7, 11) is 0. The second-order valence-corrected chi connectivity index (χ2v) is 4.78. The van der Waals surface area contributed by atoms with Gasteiger partial charge in [-0.15, -0.1) is 0 Å². The molecule has 0 saturated carbocycles. The van der Waals surface area contributed by atoms with E-state index in [9.17, 15) is 18.8 Å². The number of hydrogen-bond donors (Lipinski definition) is 1. The van der Waals surface area contributed by atoms with Gasteiger partial charge in [0.05, 0.1) is 18.7 Å². The lowest BCUT2D eigenvalue weighted by Gasteiger charge is -2.38. The summed E-state index contributed by atoms with van der Waals surface area (Å²) in [4.78, 5) is 37.1. The molecule has 1 unspecified atom stereocenters. The zero-order valence-corrected chi connectivity index (χ0v) is 11.5. The van der Waals surface area contributed by atoms with E-state index in [0.29, 0.717) is 0 Å². The molecule has 21 heavy (non-hydrogen) atoms. The number of imide groups is 1. The van der Waals surface area contributed by atoms with E-state index in [1.54, 1.807) is 13.0 Å². The largest absolute Gasteiger partial charge is 0.481 e. The summed E-state index contributed by atoms with van der Waals surface area (Å²) < 4.78 is 13.8. The number of rotatable bonds is 4. The lowest BCUT2D eigenvalue weighted by atomic mass is 10.1. The van der Waals surface area contributed by atoms with Gasteiger partial charge >= 0.3 is 5.97 Å². The number of anilines is 1. The van der Waals surface area contributed by atoms with Crippen molar-refractivity contribution in [2.75, 3.05) is 18.0 Å². The van der Waals surface area contributed by atoms with Crippen molar-refractivity contribution in [3.8, 4) is 0 Å². The molecule has 1 fully saturated rings. The predicted octanol–water partition coefficient (Wildman–Crippen LogP) is 0.864. The van der Waals surface area contributed by atoms with Crippen LogP contribution in [0.4, 0.5) is 10.1 Å². The lowest BCUT2D eigenvalue weighted by molar-refractivity contribution is -0.148. The molecule has 1 saturated heterocycles. The highest BCUT2D eigenvalue weighted by molar-refractivity contribution is 6.04. The highest BCUT2D eigenvalue weighted by Gasteiger charge is 2.37. The number of carboxylic acid groups (broad SMARTS) is 1. The Kier molecular flexibility index (Phi) is 4.21. The molecule has 0 aromatic heterocycles. The Bertz CT molecular complexity index is 590. The van der Waals surface area contributed by atoms with Crippen LogP contribution in [0.25, 0.3) is 0 Å². The van der Waals surface area contributed by atoms with Crippen LogP contribution in [-0.2, 0) is 14.4 Å². The van der Waals surface area contributed by atoms with Gasteiger partial charge < -0.3 is 10.0 Å². The Labute approximate surface area is 120 Å². The molecular formula is C14H15FN2O4. The maximum atomic E-state index is 13.8. The fraction of sp³-hybridized carbons (Fsp3) is 0.357. The third kappa shape index (κ3) is 3.01. The molecule has 1 heterocycles. The quantitative estimate of drug-likeness (QED) is 0.834. The van der Waals surface area contributed by atoms with Crippen molar-refractivity contribution >= 4 is 23.5 Å². The summed E-state index contributed by atoms with van der Waals surface area (Å²) in [5.74, 6) is -2.64. The van der Waals surface area contributed by atoms with Crippen molar-refractivity contribution in [2.45, 2.75) is 19.4 Å². The number of piperazine rings is 1. The van der Waals surface area contributed by atoms with Crippen molar-refractivity contribution in [3.05, 3.63) is 30.1 Å². The van der Waals surface area contributed by atoms with Crippen molar-refractivity contribution < 1.29 is 23.9 Å². The lowest BCUT2D eigenvalue weighted by Crippen LogP contribution is -2.59. The van der Waals surface area contributed by atoms with E-state index in [4.69, 9.17) is 5.11 Å². The first-order valence-corrected chi connectivity index (χ1v) is 6.49. The maximum Gasteiger partial charge on any atom is 0.305 e. The molecule has 1 aromatic rings. The number of halogens is 1. The smallest absolute Gasteiger partial charge is 0.305 e. The molecule has 1 aliphatic rings. The maximum absolute atomic E-state index is 13.8. The van der Waals surface area contributed by atoms with Crippen LogP contribution < -0.4 is 4.90 Å². The van der Waals surface area contributed by atoms with E-state index in [2.05, 4.69) is 0 Å². The molecule has 1 atom stereocenters. The van der Waals surface area contributed by atoms with Crippen molar-refractivity contribution in [2.24, 2.45) is 0 Å². The summed E-state index contributed by atoms with van der Waals surface area (Å²) in [5, 5.41) is 8.64. The monoisotopic (exact) mass is 294 g/mol. The molecule has 2 amide bonds. The van der Waals surface area contributed by atoms with E-state index in [-0.39, 0.29) is 25.2 Å². The molecule has 0 radical (unpaired) electrons. The molecule has 0 aliphatic carbocycles. The summed E-state index contributed by atoms with van der Waals surface area (Å²) in [6, 6.07) is 5.17. The average Bonchev–Trinajstić information content (AvgIpc) is 2.43. The van der Waals surface area contributed by atoms with Crippen LogP contribution in [0.3, 0.4) is 0 Å². The van der Waals surface area contributed by atoms with E-state index in [1.807, 2.05) is 0 Å². The number of amides is 2. The van der Waals surface area contributed by atoms with E-state index < -0.39 is 29.6 Å². The number of hydrogen-bond acceptors (Lipinski definition) is 4. The Morgan fingerprint density at radius 2 is 2.05 bits per heavy atom. The number of benzene rings is 1. The van der Waals surface area contributed by atoms with Crippen LogP contribution in [0.1, 0.15) is 13.3 Å². The second kappa shape index (κ2) is 5.90. The number of carbonyl (C=O) groups is 3. The third-order valence-corrected chi connectivity index (χ3v) is 3.41. The third-order valence-electron chi connectivity index (χ3n) is 3.41. The summed E-state index contributed by atoms with van der Waals surface area (Å²) in [6.07, 6.45) is -0.302. The van der Waals surface area contributed by atoms with Crippen LogP contribution in [0, 0.1) is 5.82 Å². The number of nitrogens with zero attached hydrogens (tertiary/aromatic N) is 2. The minimum absolute atomic E-state index is 0.159. The van der Waals surface area contributed by atoms with E-state index >= 15 is 0 Å². The van der Waals surface area contributed by atoms with E-state index in [0.717, 1.165) is 4.90 Å². The molecule has 112 valence electrons. The van der Waals surface area contributed by atoms with Crippen LogP contribution in [0.2, 0.25) is 0 Å². The van der Waals surface area contributed by atoms with Crippen LogP contribution >= 0.6 is 0 Å². The molecule has 1 aliphatic heterocycles. The van der Waals surface area contributed by atoms with Crippen molar-refractivity contribution in [3.63, 3.8) is 0 Å². The summed E-state index contributed by atoms with van der Waals surface area (Å²) in [6.45, 7) is 1.24. The average molecular weight is 294 g/mol. The van der Waals surface area contributed by atoms with Crippen molar-refractivity contribution in [1.29, 1.82) is 0 Å². The molecule has 6 nitrogen and oxygen atoms in total. The molecule has 0 spiro atoms. The molecule has 0 bridgehead atoms. The van der Waals surface area contributed by atoms with Crippen LogP contribution in [-0.4, -0.2) is 46.9 Å². The first-order chi connectivity index (χ1) is 9.91. The van der Waals surface area contributed by atoms with Gasteiger partial charge in [0.2, 0.25) is 5.91 Å². The van der Waals surface area contributed by atoms with Gasteiger partial charge in [-0.2, -0.15) is 0 Å². The first-order valence-electron chi connectivity index (χ1n) is 6.49. The summed E-state index contributed by atoms with van der Waals surface area (Å²) in [5.41, 5.74) is 0.185. The zero-order chi connectivity index (χ0) is 15.6. The molecule has 1 aromatic carbocycles. The van der Waals surface area contributed by atoms with Gasteiger partial charge in [0, 0.05) is 6.54 Å². The van der Waals surface area contributed by atoms with Gasteiger partial charge in [-0.3, -0.25) is 19.3 Å². The number of carboxylic acids is 1. The second-order valence-electron chi connectivity index (χ2n) is 4.78. The SMILES string of the molecule is CC1C(=O)N(CCC(=O)O)C(=O)CN1c1ccccc1F. The van der Waals surface area contributed by atoms with Gasteiger partial charge in [0.25, 0.3) is 5.91 Å². The minimum atomic E-state index is -1.08. The van der Waals surface area contributed by atoms with E-state index in [1.165, 1.54) is 23.1 Å². The van der Waals surface area contributed by atoms with Gasteiger partial charge in [-0.05, 0) is 19.1 Å². The fourth-order valence-corrected chi connectivity index (χ4v) is 2.27. The molecule has 1 N–H and O–H groups in total. The Morgan fingerprint density at radius 3 is 2.67 bits per heavy atom. The summed E-state index contributed by atoms with van der Waals surface area (Å²) >= 11 is 0. The van der Waals surface area contributed by atoms with Gasteiger partial charge in [0.1, 0.15) is 11.9 Å². The number of aliphatic carboxylic acids is 1. The van der Waals surface area contributed by atoms with Crippen LogP contribution in [0.15, 0.2) is 24.3 Å². The Morgan fingerprint density at radius 1 is 1.38 bits per heavy atom. The Balaban J connectivity index is 2.20. The van der Waals surface area contributed by atoms with Crippen molar-refractivity contribution in [1.82, 2.24) is 4.90 Å². The molecule has 2 rings (SSSR count).